The Morgan fingerprint density at radius 1 is 1.09 bits per heavy atom. The molecule has 2 aromatic rings. The van der Waals surface area contributed by atoms with Gasteiger partial charge in [-0.25, -0.2) is 8.42 Å². The highest BCUT2D eigenvalue weighted by molar-refractivity contribution is 7.92. The number of ether oxygens (including phenoxy) is 2. The fourth-order valence-electron chi connectivity index (χ4n) is 3.28. The number of sulfonamides is 1. The molecular formula is C21H23Cl2N3O6S. The summed E-state index contributed by atoms with van der Waals surface area (Å²) in [5.41, 5.74) is 0.861. The third-order valence-corrected chi connectivity index (χ3v) is 6.95. The van der Waals surface area contributed by atoms with Crippen molar-refractivity contribution in [1.29, 1.82) is 0 Å². The summed E-state index contributed by atoms with van der Waals surface area (Å²) in [6.07, 6.45) is 0.996. The molecule has 0 bridgehead atoms. The van der Waals surface area contributed by atoms with E-state index in [1.807, 2.05) is 0 Å². The van der Waals surface area contributed by atoms with Crippen LogP contribution in [-0.2, 0) is 26.2 Å². The largest absolute Gasteiger partial charge is 0.454 e. The van der Waals surface area contributed by atoms with Crippen molar-refractivity contribution < 1.29 is 27.5 Å². The standard InChI is InChI=1S/C21H23Cl2N3O6S/c1-13(21(28)24-2)25(10-14-4-6-16(22)17(23)8-14)20(27)11-26(33(3,29)30)15-5-7-18-19(9-15)32-12-31-18/h4-9,13H,10-12H2,1-3H3,(H,24,28)/t13-/m1/s1. The first-order valence-electron chi connectivity index (χ1n) is 9.83. The quantitative estimate of drug-likeness (QED) is 0.579. The number of nitrogens with zero attached hydrogens (tertiary/aromatic N) is 2. The van der Waals surface area contributed by atoms with Crippen molar-refractivity contribution in [3.63, 3.8) is 0 Å². The zero-order valence-corrected chi connectivity index (χ0v) is 20.5. The highest BCUT2D eigenvalue weighted by Crippen LogP contribution is 2.36. The molecule has 1 N–H and O–H groups in total. The molecule has 0 fully saturated rings. The van der Waals surface area contributed by atoms with E-state index in [2.05, 4.69) is 5.32 Å². The number of nitrogens with one attached hydrogen (secondary N) is 1. The first-order chi connectivity index (χ1) is 15.5. The molecule has 1 atom stereocenters. The predicted molar refractivity (Wildman–Crippen MR) is 125 cm³/mol. The van der Waals surface area contributed by atoms with Crippen LogP contribution in [0, 0.1) is 0 Å². The number of halogens is 2. The Morgan fingerprint density at radius 3 is 2.42 bits per heavy atom. The van der Waals surface area contributed by atoms with Crippen LogP contribution in [-0.4, -0.2) is 57.8 Å². The van der Waals surface area contributed by atoms with E-state index in [1.54, 1.807) is 31.2 Å². The molecule has 2 aromatic carbocycles. The molecule has 0 aromatic heterocycles. The van der Waals surface area contributed by atoms with Crippen LogP contribution in [0.4, 0.5) is 5.69 Å². The number of hydrogen-bond donors (Lipinski definition) is 1. The Balaban J connectivity index is 1.92. The predicted octanol–water partition coefficient (Wildman–Crippen LogP) is 2.65. The van der Waals surface area contributed by atoms with Gasteiger partial charge in [-0.1, -0.05) is 29.3 Å². The molecule has 1 aliphatic rings. The minimum atomic E-state index is -3.85. The zero-order valence-electron chi connectivity index (χ0n) is 18.2. The van der Waals surface area contributed by atoms with E-state index < -0.39 is 34.4 Å². The minimum Gasteiger partial charge on any atom is -0.454 e. The first-order valence-corrected chi connectivity index (χ1v) is 12.4. The van der Waals surface area contributed by atoms with Gasteiger partial charge in [0.25, 0.3) is 0 Å². The number of amides is 2. The van der Waals surface area contributed by atoms with E-state index >= 15 is 0 Å². The third-order valence-electron chi connectivity index (χ3n) is 5.07. The average molecular weight is 516 g/mol. The van der Waals surface area contributed by atoms with Gasteiger partial charge in [0.2, 0.25) is 28.6 Å². The lowest BCUT2D eigenvalue weighted by molar-refractivity contribution is -0.139. The van der Waals surface area contributed by atoms with Crippen molar-refractivity contribution in [1.82, 2.24) is 10.2 Å². The van der Waals surface area contributed by atoms with Crippen LogP contribution in [0.5, 0.6) is 11.5 Å². The normalized spacial score (nSPS) is 13.4. The summed E-state index contributed by atoms with van der Waals surface area (Å²) >= 11 is 12.1. The van der Waals surface area contributed by atoms with Gasteiger partial charge in [-0.15, -0.1) is 0 Å². The molecule has 1 heterocycles. The minimum absolute atomic E-state index is 0.0169. The maximum absolute atomic E-state index is 13.4. The monoisotopic (exact) mass is 515 g/mol. The molecule has 0 saturated carbocycles. The highest BCUT2D eigenvalue weighted by Gasteiger charge is 2.30. The molecule has 12 heteroatoms. The molecule has 0 unspecified atom stereocenters. The number of benzene rings is 2. The molecule has 0 saturated heterocycles. The van der Waals surface area contributed by atoms with Crippen molar-refractivity contribution in [2.24, 2.45) is 0 Å². The van der Waals surface area contributed by atoms with Gasteiger partial charge in [-0.2, -0.15) is 0 Å². The summed E-state index contributed by atoms with van der Waals surface area (Å²) in [7, 11) is -2.40. The van der Waals surface area contributed by atoms with Crippen molar-refractivity contribution >= 4 is 50.7 Å². The van der Waals surface area contributed by atoms with Crippen LogP contribution in [0.2, 0.25) is 10.0 Å². The molecule has 1 aliphatic heterocycles. The number of carbonyl (C=O) groups is 2. The second-order valence-electron chi connectivity index (χ2n) is 7.37. The molecule has 0 spiro atoms. The van der Waals surface area contributed by atoms with E-state index in [4.69, 9.17) is 32.7 Å². The number of anilines is 1. The highest BCUT2D eigenvalue weighted by atomic mass is 35.5. The van der Waals surface area contributed by atoms with Crippen molar-refractivity contribution in [3.8, 4) is 11.5 Å². The molecule has 2 amide bonds. The maximum atomic E-state index is 13.4. The average Bonchev–Trinajstić information content (AvgIpc) is 3.24. The number of likely N-dealkylation sites (N-methyl/N-ethyl adjacent to an activating group) is 1. The van der Waals surface area contributed by atoms with Crippen molar-refractivity contribution in [3.05, 3.63) is 52.0 Å². The van der Waals surface area contributed by atoms with Crippen LogP contribution in [0.25, 0.3) is 0 Å². The van der Waals surface area contributed by atoms with Crippen molar-refractivity contribution in [2.45, 2.75) is 19.5 Å². The summed E-state index contributed by atoms with van der Waals surface area (Å²) in [5, 5.41) is 3.16. The number of hydrogen-bond acceptors (Lipinski definition) is 6. The molecule has 0 aliphatic carbocycles. The van der Waals surface area contributed by atoms with Crippen LogP contribution >= 0.6 is 23.2 Å². The fraction of sp³-hybridized carbons (Fsp3) is 0.333. The van der Waals surface area contributed by atoms with Gasteiger partial charge in [0.05, 0.1) is 22.0 Å². The second kappa shape index (κ2) is 10.1. The SMILES string of the molecule is CNC(=O)[C@@H](C)N(Cc1ccc(Cl)c(Cl)c1)C(=O)CN(c1ccc2c(c1)OCO2)S(C)(=O)=O. The van der Waals surface area contributed by atoms with Gasteiger partial charge in [-0.05, 0) is 36.8 Å². The van der Waals surface area contributed by atoms with E-state index in [9.17, 15) is 18.0 Å². The summed E-state index contributed by atoms with van der Waals surface area (Å²) in [6, 6.07) is 8.55. The van der Waals surface area contributed by atoms with E-state index in [-0.39, 0.29) is 19.0 Å². The van der Waals surface area contributed by atoms with Crippen LogP contribution in [0.1, 0.15) is 12.5 Å². The lowest BCUT2D eigenvalue weighted by Crippen LogP contribution is -2.50. The summed E-state index contributed by atoms with van der Waals surface area (Å²) < 4.78 is 36.7. The summed E-state index contributed by atoms with van der Waals surface area (Å²) in [4.78, 5) is 27.0. The van der Waals surface area contributed by atoms with Gasteiger partial charge in [0.1, 0.15) is 12.6 Å². The Morgan fingerprint density at radius 2 is 1.79 bits per heavy atom. The summed E-state index contributed by atoms with van der Waals surface area (Å²) in [6.45, 7) is 1.07. The van der Waals surface area contributed by atoms with Crippen LogP contribution < -0.4 is 19.1 Å². The van der Waals surface area contributed by atoms with Gasteiger partial charge in [0, 0.05) is 19.7 Å². The number of rotatable bonds is 8. The molecule has 33 heavy (non-hydrogen) atoms. The Kier molecular flexibility index (Phi) is 7.61. The Hall–Kier alpha value is -2.69. The van der Waals surface area contributed by atoms with E-state index in [0.717, 1.165) is 10.6 Å². The summed E-state index contributed by atoms with van der Waals surface area (Å²) in [5.74, 6) is -0.134. The van der Waals surface area contributed by atoms with Gasteiger partial charge >= 0.3 is 0 Å². The van der Waals surface area contributed by atoms with Crippen molar-refractivity contribution in [2.75, 3.05) is 30.9 Å². The molecule has 178 valence electrons. The van der Waals surface area contributed by atoms with Gasteiger partial charge < -0.3 is 19.7 Å². The maximum Gasteiger partial charge on any atom is 0.244 e. The van der Waals surface area contributed by atoms with Gasteiger partial charge in [-0.3, -0.25) is 13.9 Å². The van der Waals surface area contributed by atoms with E-state index in [1.165, 1.54) is 24.1 Å². The Bertz CT molecular complexity index is 1170. The van der Waals surface area contributed by atoms with Crippen LogP contribution in [0.3, 0.4) is 0 Å². The van der Waals surface area contributed by atoms with Gasteiger partial charge in [0.15, 0.2) is 11.5 Å². The van der Waals surface area contributed by atoms with E-state index in [0.29, 0.717) is 27.1 Å². The molecule has 9 nitrogen and oxygen atoms in total. The second-order valence-corrected chi connectivity index (χ2v) is 10.1. The lowest BCUT2D eigenvalue weighted by atomic mass is 10.1. The molecular weight excluding hydrogens is 493 g/mol. The molecule has 0 radical (unpaired) electrons. The third kappa shape index (κ3) is 5.82. The topological polar surface area (TPSA) is 105 Å². The molecule has 3 rings (SSSR count). The Labute approximate surface area is 202 Å². The first kappa shape index (κ1) is 24.9. The smallest absolute Gasteiger partial charge is 0.244 e. The fourth-order valence-corrected chi connectivity index (χ4v) is 4.44. The lowest BCUT2D eigenvalue weighted by Gasteiger charge is -2.31. The zero-order chi connectivity index (χ0) is 24.3. The van der Waals surface area contributed by atoms with Crippen LogP contribution in [0.15, 0.2) is 36.4 Å². The number of carbonyl (C=O) groups excluding carboxylic acids is 2. The number of fused-ring (bicyclic) bond motifs is 1.